The molecule has 3 N–H and O–H groups in total. The summed E-state index contributed by atoms with van der Waals surface area (Å²) in [6.07, 6.45) is 4.29. The minimum atomic E-state index is -0.717. The van der Waals surface area contributed by atoms with Crippen LogP contribution in [0.3, 0.4) is 0 Å². The van der Waals surface area contributed by atoms with Gasteiger partial charge in [-0.25, -0.2) is 0 Å². The van der Waals surface area contributed by atoms with E-state index < -0.39 is 12.1 Å². The molecular weight excluding hydrogens is 612 g/mol. The lowest BCUT2D eigenvalue weighted by Crippen LogP contribution is -2.58. The average molecular weight is 661 g/mol. The van der Waals surface area contributed by atoms with Crippen LogP contribution in [0.1, 0.15) is 49.2 Å². The Labute approximate surface area is 285 Å². The van der Waals surface area contributed by atoms with Crippen molar-refractivity contribution in [3.63, 3.8) is 0 Å². The Kier molecular flexibility index (Phi) is 10.8. The minimum Gasteiger partial charge on any atom is -0.367 e. The number of benzene rings is 3. The maximum absolute atomic E-state index is 14.0. The molecule has 9 nitrogen and oxygen atoms in total. The van der Waals surface area contributed by atoms with Crippen molar-refractivity contribution >= 4 is 35.0 Å². The third-order valence-corrected chi connectivity index (χ3v) is 10.1. The van der Waals surface area contributed by atoms with E-state index in [4.69, 9.17) is 11.6 Å². The number of anilines is 1. The third kappa shape index (κ3) is 8.15. The Morgan fingerprint density at radius 1 is 0.936 bits per heavy atom. The van der Waals surface area contributed by atoms with Gasteiger partial charge in [-0.2, -0.15) is 0 Å². The van der Waals surface area contributed by atoms with Gasteiger partial charge in [-0.15, -0.1) is 0 Å². The average Bonchev–Trinajstić information content (AvgIpc) is 3.52. The topological polar surface area (TPSA) is 97.0 Å². The molecule has 3 atom stereocenters. The number of nitrogens with zero attached hydrogens (tertiary/aromatic N) is 3. The van der Waals surface area contributed by atoms with Gasteiger partial charge in [0.25, 0.3) is 5.91 Å². The van der Waals surface area contributed by atoms with E-state index in [0.717, 1.165) is 29.8 Å². The van der Waals surface area contributed by atoms with E-state index in [1.807, 2.05) is 53.4 Å². The van der Waals surface area contributed by atoms with Gasteiger partial charge in [0.05, 0.1) is 11.6 Å². The second-order valence-corrected chi connectivity index (χ2v) is 13.4. The molecule has 252 valence electrons. The van der Waals surface area contributed by atoms with Crippen LogP contribution in [0.5, 0.6) is 0 Å². The summed E-state index contributed by atoms with van der Waals surface area (Å²) < 4.78 is 0. The minimum absolute atomic E-state index is 0. The molecule has 3 heterocycles. The molecule has 1 unspecified atom stereocenters. The monoisotopic (exact) mass is 660 g/mol. The molecule has 3 aliphatic heterocycles. The highest BCUT2D eigenvalue weighted by Gasteiger charge is 2.33. The molecule has 2 fully saturated rings. The van der Waals surface area contributed by atoms with Gasteiger partial charge in [-0.05, 0) is 80.2 Å². The van der Waals surface area contributed by atoms with Crippen LogP contribution in [0.2, 0.25) is 5.02 Å². The van der Waals surface area contributed by atoms with Gasteiger partial charge < -0.3 is 30.7 Å². The Bertz CT molecular complexity index is 1570. The van der Waals surface area contributed by atoms with Crippen LogP contribution in [-0.4, -0.2) is 92.0 Å². The number of para-hydroxylation sites is 1. The van der Waals surface area contributed by atoms with Gasteiger partial charge in [0, 0.05) is 65.3 Å². The smallest absolute Gasteiger partial charge is 0.253 e. The maximum atomic E-state index is 14.0. The van der Waals surface area contributed by atoms with E-state index in [-0.39, 0.29) is 20.6 Å². The largest absolute Gasteiger partial charge is 0.367 e. The molecule has 0 radical (unpaired) electrons. The van der Waals surface area contributed by atoms with Crippen molar-refractivity contribution in [1.29, 1.82) is 0 Å². The van der Waals surface area contributed by atoms with Crippen molar-refractivity contribution in [2.45, 2.75) is 56.8 Å². The molecule has 47 heavy (non-hydrogen) atoms. The molecule has 3 aromatic carbocycles. The summed E-state index contributed by atoms with van der Waals surface area (Å²) in [5.41, 5.74) is 4.80. The van der Waals surface area contributed by atoms with Crippen molar-refractivity contribution < 1.29 is 17.2 Å². The number of halogens is 1. The highest BCUT2D eigenvalue weighted by molar-refractivity contribution is 6.30. The first-order chi connectivity index (χ1) is 22.9. The fourth-order valence-electron chi connectivity index (χ4n) is 7.09. The number of piperazine rings is 1. The van der Waals surface area contributed by atoms with Gasteiger partial charge in [0.2, 0.25) is 11.8 Å². The van der Waals surface area contributed by atoms with E-state index in [9.17, 15) is 14.4 Å². The lowest BCUT2D eigenvalue weighted by molar-refractivity contribution is -0.137. The van der Waals surface area contributed by atoms with Crippen LogP contribution in [0, 0.1) is 0 Å². The molecular formula is C37H49ClN6O3. The van der Waals surface area contributed by atoms with Crippen molar-refractivity contribution in [1.82, 2.24) is 25.8 Å². The number of hydrogen-bond donors (Lipinski definition) is 3. The quantitative estimate of drug-likeness (QED) is 0.303. The van der Waals surface area contributed by atoms with Crippen LogP contribution >= 0.6 is 11.6 Å². The second kappa shape index (κ2) is 15.3. The van der Waals surface area contributed by atoms with E-state index in [1.165, 1.54) is 18.4 Å². The highest BCUT2D eigenvalue weighted by atomic mass is 35.5. The summed E-state index contributed by atoms with van der Waals surface area (Å²) in [7, 11) is 2.15. The van der Waals surface area contributed by atoms with E-state index in [2.05, 4.69) is 44.9 Å². The van der Waals surface area contributed by atoms with Crippen LogP contribution in [0.4, 0.5) is 5.69 Å². The predicted octanol–water partition coefficient (Wildman–Crippen LogP) is 4.14. The van der Waals surface area contributed by atoms with Gasteiger partial charge >= 0.3 is 0 Å². The van der Waals surface area contributed by atoms with Crippen LogP contribution in [-0.2, 0) is 29.0 Å². The molecule has 0 aliphatic carbocycles. The number of rotatable bonds is 10. The van der Waals surface area contributed by atoms with Crippen LogP contribution < -0.4 is 20.9 Å². The maximum Gasteiger partial charge on any atom is 0.253 e. The summed E-state index contributed by atoms with van der Waals surface area (Å²) in [5.74, 6) is -0.346. The fraction of sp³-hybridized carbons (Fsp3) is 0.432. The van der Waals surface area contributed by atoms with Gasteiger partial charge in [0.1, 0.15) is 6.04 Å². The first-order valence-electron chi connectivity index (χ1n) is 16.8. The van der Waals surface area contributed by atoms with Crippen molar-refractivity contribution in [3.8, 4) is 0 Å². The number of carbonyl (C=O) groups excluding carboxylic acids is 3. The molecule has 0 spiro atoms. The Morgan fingerprint density at radius 2 is 1.66 bits per heavy atom. The SMILES string of the molecule is CN1CCCC1CCNC(=O)c1ccccc1N1CCN(C(=O)[C@@H](Cc2ccc(Cl)cc2)NC(=O)[C@@H]2Cc3ccccc3CN2)CC1.[HH].[HH]. The zero-order chi connectivity index (χ0) is 32.8. The van der Waals surface area contributed by atoms with Gasteiger partial charge in [0.15, 0.2) is 0 Å². The van der Waals surface area contributed by atoms with Gasteiger partial charge in [-0.3, -0.25) is 14.4 Å². The number of nitrogens with one attached hydrogen (secondary N) is 3. The predicted molar refractivity (Wildman–Crippen MR) is 190 cm³/mol. The van der Waals surface area contributed by atoms with E-state index >= 15 is 0 Å². The molecule has 3 amide bonds. The van der Waals surface area contributed by atoms with Crippen LogP contribution in [0.25, 0.3) is 0 Å². The molecule has 6 rings (SSSR count). The summed E-state index contributed by atoms with van der Waals surface area (Å²) >= 11 is 6.13. The molecule has 10 heteroatoms. The highest BCUT2D eigenvalue weighted by Crippen LogP contribution is 2.24. The van der Waals surface area contributed by atoms with Gasteiger partial charge in [-0.1, -0.05) is 60.1 Å². The number of likely N-dealkylation sites (tertiary alicyclic amines) is 1. The molecule has 2 saturated heterocycles. The van der Waals surface area contributed by atoms with Crippen LogP contribution in [0.15, 0.2) is 72.8 Å². The summed E-state index contributed by atoms with van der Waals surface area (Å²) in [6, 6.07) is 22.6. The summed E-state index contributed by atoms with van der Waals surface area (Å²) in [6.45, 7) is 4.54. The first-order valence-corrected chi connectivity index (χ1v) is 17.2. The third-order valence-electron chi connectivity index (χ3n) is 9.88. The number of amides is 3. The number of carbonyl (C=O) groups is 3. The fourth-order valence-corrected chi connectivity index (χ4v) is 7.22. The Morgan fingerprint density at radius 3 is 2.40 bits per heavy atom. The molecule has 3 aliphatic rings. The number of hydrogen-bond acceptors (Lipinski definition) is 6. The standard InChI is InChI=1S/C37H45ClN6O3.2H2/c1-42-18-6-9-30(42)16-17-39-35(45)31-10-4-5-11-34(31)43-19-21-44(22-20-43)37(47)33(23-26-12-14-29(38)15-13-26)41-36(46)32-24-27-7-2-3-8-28(27)25-40-32;;/h2-5,7-8,10-15,30,32-33,40H,6,9,16-25H2,1H3,(H,39,45)(H,41,46);2*1H/t30?,32-,33+;;/m0../s1. The summed E-state index contributed by atoms with van der Waals surface area (Å²) in [5, 5.41) is 10.2. The molecule has 0 bridgehead atoms. The van der Waals surface area contributed by atoms with Crippen molar-refractivity contribution in [3.05, 3.63) is 100 Å². The second-order valence-electron chi connectivity index (χ2n) is 12.9. The van der Waals surface area contributed by atoms with E-state index in [1.54, 1.807) is 12.1 Å². The zero-order valence-corrected chi connectivity index (χ0v) is 27.8. The van der Waals surface area contributed by atoms with Crippen molar-refractivity contribution in [2.75, 3.05) is 51.2 Å². The normalized spacial score (nSPS) is 20.4. The molecule has 0 aromatic heterocycles. The molecule has 0 saturated carbocycles. The zero-order valence-electron chi connectivity index (χ0n) is 27.1. The lowest BCUT2D eigenvalue weighted by Gasteiger charge is -2.38. The lowest BCUT2D eigenvalue weighted by atomic mass is 9.95. The Balaban J connectivity index is 0.00000270. The number of fused-ring (bicyclic) bond motifs is 1. The molecule has 3 aromatic rings. The summed E-state index contributed by atoms with van der Waals surface area (Å²) in [4.78, 5) is 47.2. The Hall–Kier alpha value is -3.92. The van der Waals surface area contributed by atoms with E-state index in [0.29, 0.717) is 68.7 Å². The first kappa shape index (κ1) is 33.0. The van der Waals surface area contributed by atoms with Crippen molar-refractivity contribution in [2.24, 2.45) is 0 Å².